The van der Waals surface area contributed by atoms with E-state index >= 15 is 0 Å². The van der Waals surface area contributed by atoms with Gasteiger partial charge in [-0.15, -0.1) is 0 Å². The molecule has 1 aliphatic rings. The number of aryl methyl sites for hydroxylation is 1. The molecule has 1 saturated heterocycles. The summed E-state index contributed by atoms with van der Waals surface area (Å²) in [5.74, 6) is 0.291. The van der Waals surface area contributed by atoms with Crippen LogP contribution in [0.4, 0.5) is 0 Å². The molecule has 2 N–H and O–H groups in total. The molecule has 0 atom stereocenters. The zero-order valence-corrected chi connectivity index (χ0v) is 9.55. The molecule has 0 radical (unpaired) electrons. The van der Waals surface area contributed by atoms with E-state index in [1.165, 1.54) is 0 Å². The molecular formula is C11H16ClNO2. The van der Waals surface area contributed by atoms with Gasteiger partial charge in [0.15, 0.2) is 0 Å². The monoisotopic (exact) mass is 229 g/mol. The maximum absolute atomic E-state index is 8.99. The Morgan fingerprint density at radius 2 is 2.00 bits per heavy atom. The van der Waals surface area contributed by atoms with Gasteiger partial charge in [0.05, 0.1) is 13.2 Å². The largest absolute Gasteiger partial charge is 0.508 e. The highest BCUT2D eigenvalue weighted by Gasteiger charge is 1.93. The van der Waals surface area contributed by atoms with E-state index in [9.17, 15) is 0 Å². The fourth-order valence-electron chi connectivity index (χ4n) is 1.13. The van der Waals surface area contributed by atoms with Crippen molar-refractivity contribution in [2.24, 2.45) is 0 Å². The van der Waals surface area contributed by atoms with Crippen molar-refractivity contribution in [2.45, 2.75) is 6.92 Å². The Hall–Kier alpha value is -0.770. The maximum atomic E-state index is 8.99. The lowest BCUT2D eigenvalue weighted by atomic mass is 10.2. The molecule has 1 aromatic rings. The first-order valence-electron chi connectivity index (χ1n) is 4.94. The van der Waals surface area contributed by atoms with Gasteiger partial charge in [0.25, 0.3) is 0 Å². The van der Waals surface area contributed by atoms with E-state index in [1.54, 1.807) is 25.1 Å². The molecule has 2 rings (SSSR count). The van der Waals surface area contributed by atoms with Gasteiger partial charge in [0.1, 0.15) is 5.75 Å². The molecule has 1 fully saturated rings. The Kier molecular flexibility index (Phi) is 5.47. The van der Waals surface area contributed by atoms with Crippen LogP contribution < -0.4 is 5.32 Å². The minimum absolute atomic E-state index is 0.291. The van der Waals surface area contributed by atoms with Crippen molar-refractivity contribution in [3.8, 4) is 5.75 Å². The summed E-state index contributed by atoms with van der Waals surface area (Å²) in [4.78, 5) is 0. The summed E-state index contributed by atoms with van der Waals surface area (Å²) in [6, 6.07) is 4.96. The molecule has 3 nitrogen and oxygen atoms in total. The highest BCUT2D eigenvalue weighted by atomic mass is 35.5. The SMILES string of the molecule is C1COCCN1.Cc1cc(Cl)ccc1O. The van der Waals surface area contributed by atoms with Crippen molar-refractivity contribution in [1.82, 2.24) is 5.32 Å². The van der Waals surface area contributed by atoms with Crippen LogP contribution in [0.1, 0.15) is 5.56 Å². The Bertz CT molecular complexity index is 289. The van der Waals surface area contributed by atoms with Crippen LogP contribution in [-0.4, -0.2) is 31.4 Å². The molecular weight excluding hydrogens is 214 g/mol. The topological polar surface area (TPSA) is 41.5 Å². The van der Waals surface area contributed by atoms with Gasteiger partial charge in [-0.1, -0.05) is 11.6 Å². The number of phenolic OH excluding ortho intramolecular Hbond substituents is 1. The molecule has 1 aromatic carbocycles. The minimum Gasteiger partial charge on any atom is -0.508 e. The third kappa shape index (κ3) is 5.02. The first-order valence-corrected chi connectivity index (χ1v) is 5.31. The third-order valence-electron chi connectivity index (χ3n) is 2.01. The van der Waals surface area contributed by atoms with Crippen LogP contribution in [0.3, 0.4) is 0 Å². The molecule has 15 heavy (non-hydrogen) atoms. The van der Waals surface area contributed by atoms with E-state index in [0.29, 0.717) is 10.8 Å². The summed E-state index contributed by atoms with van der Waals surface area (Å²) >= 11 is 5.61. The number of halogens is 1. The van der Waals surface area contributed by atoms with Crippen molar-refractivity contribution in [2.75, 3.05) is 26.3 Å². The summed E-state index contributed by atoms with van der Waals surface area (Å²) in [5.41, 5.74) is 0.808. The first kappa shape index (κ1) is 12.3. The van der Waals surface area contributed by atoms with Crippen LogP contribution in [0, 0.1) is 6.92 Å². The molecule has 0 aromatic heterocycles. The summed E-state index contributed by atoms with van der Waals surface area (Å²) in [6.45, 7) is 5.64. The number of benzene rings is 1. The number of phenols is 1. The third-order valence-corrected chi connectivity index (χ3v) is 2.24. The standard InChI is InChI=1S/C7H7ClO.C4H9NO/c1-5-4-6(8)2-3-7(5)9;1-3-6-4-2-5-1/h2-4,9H,1H3;5H,1-4H2. The van der Waals surface area contributed by atoms with Crippen molar-refractivity contribution in [3.05, 3.63) is 28.8 Å². The number of aromatic hydroxyl groups is 1. The van der Waals surface area contributed by atoms with E-state index in [0.717, 1.165) is 31.9 Å². The summed E-state index contributed by atoms with van der Waals surface area (Å²) in [5, 5.41) is 12.8. The van der Waals surface area contributed by atoms with Gasteiger partial charge in [0, 0.05) is 18.1 Å². The second kappa shape index (κ2) is 6.67. The molecule has 1 aliphatic heterocycles. The fourth-order valence-corrected chi connectivity index (χ4v) is 1.36. The normalized spacial score (nSPS) is 15.3. The Morgan fingerprint density at radius 1 is 1.33 bits per heavy atom. The second-order valence-electron chi connectivity index (χ2n) is 3.29. The van der Waals surface area contributed by atoms with Gasteiger partial charge in [-0.2, -0.15) is 0 Å². The Labute approximate surface area is 95.0 Å². The predicted octanol–water partition coefficient (Wildman–Crippen LogP) is 1.96. The Morgan fingerprint density at radius 3 is 2.33 bits per heavy atom. The zero-order valence-electron chi connectivity index (χ0n) is 8.79. The van der Waals surface area contributed by atoms with Crippen LogP contribution in [0.25, 0.3) is 0 Å². The number of nitrogens with one attached hydrogen (secondary N) is 1. The average molecular weight is 230 g/mol. The van der Waals surface area contributed by atoms with E-state index < -0.39 is 0 Å². The Balaban J connectivity index is 0.000000162. The van der Waals surface area contributed by atoms with Gasteiger partial charge in [-0.25, -0.2) is 0 Å². The van der Waals surface area contributed by atoms with Gasteiger partial charge < -0.3 is 15.2 Å². The molecule has 0 spiro atoms. The summed E-state index contributed by atoms with van der Waals surface area (Å²) in [7, 11) is 0. The van der Waals surface area contributed by atoms with Crippen LogP contribution in [0.15, 0.2) is 18.2 Å². The number of ether oxygens (including phenoxy) is 1. The minimum atomic E-state index is 0.291. The molecule has 0 aliphatic carbocycles. The van der Waals surface area contributed by atoms with Gasteiger partial charge in [-0.3, -0.25) is 0 Å². The molecule has 4 heteroatoms. The maximum Gasteiger partial charge on any atom is 0.118 e. The lowest BCUT2D eigenvalue weighted by molar-refractivity contribution is 0.109. The molecule has 1 heterocycles. The zero-order chi connectivity index (χ0) is 11.1. The van der Waals surface area contributed by atoms with Crippen LogP contribution >= 0.6 is 11.6 Å². The quantitative estimate of drug-likeness (QED) is 0.715. The second-order valence-corrected chi connectivity index (χ2v) is 3.73. The molecule has 0 bridgehead atoms. The van der Waals surface area contributed by atoms with Gasteiger partial charge >= 0.3 is 0 Å². The number of morpholine rings is 1. The lowest BCUT2D eigenvalue weighted by Gasteiger charge is -2.10. The number of hydrogen-bond donors (Lipinski definition) is 2. The van der Waals surface area contributed by atoms with E-state index in [4.69, 9.17) is 21.4 Å². The summed E-state index contributed by atoms with van der Waals surface area (Å²) < 4.78 is 5.01. The molecule has 0 saturated carbocycles. The smallest absolute Gasteiger partial charge is 0.118 e. The average Bonchev–Trinajstić information content (AvgIpc) is 2.27. The summed E-state index contributed by atoms with van der Waals surface area (Å²) in [6.07, 6.45) is 0. The van der Waals surface area contributed by atoms with Gasteiger partial charge in [0.2, 0.25) is 0 Å². The number of rotatable bonds is 0. The van der Waals surface area contributed by atoms with E-state index in [1.807, 2.05) is 0 Å². The van der Waals surface area contributed by atoms with Crippen molar-refractivity contribution >= 4 is 11.6 Å². The van der Waals surface area contributed by atoms with Crippen molar-refractivity contribution < 1.29 is 9.84 Å². The number of hydrogen-bond acceptors (Lipinski definition) is 3. The van der Waals surface area contributed by atoms with E-state index in [2.05, 4.69) is 5.32 Å². The van der Waals surface area contributed by atoms with Crippen LogP contribution in [-0.2, 0) is 4.74 Å². The lowest BCUT2D eigenvalue weighted by Crippen LogP contribution is -2.30. The van der Waals surface area contributed by atoms with Gasteiger partial charge in [-0.05, 0) is 30.7 Å². The fraction of sp³-hybridized carbons (Fsp3) is 0.455. The van der Waals surface area contributed by atoms with Crippen molar-refractivity contribution in [3.63, 3.8) is 0 Å². The van der Waals surface area contributed by atoms with E-state index in [-0.39, 0.29) is 0 Å². The molecule has 0 amide bonds. The van der Waals surface area contributed by atoms with Crippen LogP contribution in [0.2, 0.25) is 5.02 Å². The molecule has 0 unspecified atom stereocenters. The van der Waals surface area contributed by atoms with Crippen molar-refractivity contribution in [1.29, 1.82) is 0 Å². The van der Waals surface area contributed by atoms with Crippen LogP contribution in [0.5, 0.6) is 5.75 Å². The predicted molar refractivity (Wildman–Crippen MR) is 61.5 cm³/mol. The highest BCUT2D eigenvalue weighted by molar-refractivity contribution is 6.30. The highest BCUT2D eigenvalue weighted by Crippen LogP contribution is 2.19. The molecule has 84 valence electrons. The first-order chi connectivity index (χ1) is 7.20.